The topological polar surface area (TPSA) is 74.4 Å². The second-order valence-corrected chi connectivity index (χ2v) is 7.65. The number of H-pyrrole nitrogens is 1. The Kier molecular flexibility index (Phi) is 5.19. The molecule has 2 heterocycles. The van der Waals surface area contributed by atoms with E-state index in [0.717, 1.165) is 33.1 Å². The zero-order chi connectivity index (χ0) is 19.7. The Hall–Kier alpha value is -2.64. The number of carbonyl (C=O) groups is 2. The molecule has 4 rings (SSSR count). The highest BCUT2D eigenvalue weighted by Gasteiger charge is 2.39. The zero-order valence-electron chi connectivity index (χ0n) is 15.4. The summed E-state index contributed by atoms with van der Waals surface area (Å²) in [5.41, 5.74) is 2.79. The first-order valence-electron chi connectivity index (χ1n) is 9.06. The van der Waals surface area contributed by atoms with Crippen LogP contribution in [0.2, 0.25) is 0 Å². The van der Waals surface area contributed by atoms with E-state index in [1.807, 2.05) is 36.5 Å². The van der Waals surface area contributed by atoms with Gasteiger partial charge in [-0.15, -0.1) is 0 Å². The highest BCUT2D eigenvalue weighted by Crippen LogP contribution is 2.26. The molecule has 2 aromatic carbocycles. The molecule has 0 saturated carbocycles. The molecule has 28 heavy (non-hydrogen) atoms. The lowest BCUT2D eigenvalue weighted by atomic mass is 10.1. The smallest absolute Gasteiger partial charge is 0.251 e. The van der Waals surface area contributed by atoms with Crippen molar-refractivity contribution in [2.45, 2.75) is 18.9 Å². The SMILES string of the molecule is COc1ccc2[nH]cc(CCNC3CC(=O)N(c4ccc(Br)cc4)C3=O)c2c1. The van der Waals surface area contributed by atoms with Gasteiger partial charge in [0.2, 0.25) is 5.91 Å². The summed E-state index contributed by atoms with van der Waals surface area (Å²) >= 11 is 3.36. The number of benzene rings is 2. The molecule has 6 nitrogen and oxygen atoms in total. The highest BCUT2D eigenvalue weighted by atomic mass is 79.9. The quantitative estimate of drug-likeness (QED) is 0.574. The normalized spacial score (nSPS) is 16.9. The number of amides is 2. The summed E-state index contributed by atoms with van der Waals surface area (Å²) in [6, 6.07) is 12.6. The van der Waals surface area contributed by atoms with E-state index in [1.54, 1.807) is 19.2 Å². The van der Waals surface area contributed by atoms with Gasteiger partial charge in [-0.2, -0.15) is 0 Å². The van der Waals surface area contributed by atoms with Crippen LogP contribution in [0.15, 0.2) is 53.1 Å². The number of rotatable bonds is 6. The third kappa shape index (κ3) is 3.55. The first-order valence-corrected chi connectivity index (χ1v) is 9.86. The molecule has 1 unspecified atom stereocenters. The maximum atomic E-state index is 12.7. The maximum Gasteiger partial charge on any atom is 0.251 e. The van der Waals surface area contributed by atoms with Gasteiger partial charge in [-0.3, -0.25) is 9.59 Å². The molecule has 144 valence electrons. The van der Waals surface area contributed by atoms with Crippen LogP contribution in [-0.4, -0.2) is 36.5 Å². The molecule has 1 saturated heterocycles. The van der Waals surface area contributed by atoms with Crippen LogP contribution < -0.4 is 15.0 Å². The van der Waals surface area contributed by atoms with Crippen molar-refractivity contribution >= 4 is 44.3 Å². The summed E-state index contributed by atoms with van der Waals surface area (Å²) in [5, 5.41) is 4.34. The number of aromatic amines is 1. The number of hydrogen-bond acceptors (Lipinski definition) is 4. The van der Waals surface area contributed by atoms with E-state index in [1.165, 1.54) is 4.90 Å². The Morgan fingerprint density at radius 3 is 2.75 bits per heavy atom. The third-order valence-corrected chi connectivity index (χ3v) is 5.52. The van der Waals surface area contributed by atoms with Crippen LogP contribution in [0.25, 0.3) is 10.9 Å². The summed E-state index contributed by atoms with van der Waals surface area (Å²) in [4.78, 5) is 29.6. The second-order valence-electron chi connectivity index (χ2n) is 6.73. The summed E-state index contributed by atoms with van der Waals surface area (Å²) in [6.45, 7) is 0.599. The molecule has 0 aliphatic carbocycles. The largest absolute Gasteiger partial charge is 0.497 e. The minimum atomic E-state index is -0.490. The van der Waals surface area contributed by atoms with Crippen molar-refractivity contribution in [2.75, 3.05) is 18.6 Å². The van der Waals surface area contributed by atoms with Crippen molar-refractivity contribution in [2.24, 2.45) is 0 Å². The molecule has 0 spiro atoms. The summed E-state index contributed by atoms with van der Waals surface area (Å²) in [6.07, 6.45) is 2.89. The minimum Gasteiger partial charge on any atom is -0.497 e. The fourth-order valence-electron chi connectivity index (χ4n) is 3.53. The monoisotopic (exact) mass is 441 g/mol. The lowest BCUT2D eigenvalue weighted by Gasteiger charge is -2.15. The van der Waals surface area contributed by atoms with Crippen LogP contribution >= 0.6 is 15.9 Å². The summed E-state index contributed by atoms with van der Waals surface area (Å²) < 4.78 is 6.20. The van der Waals surface area contributed by atoms with Crippen molar-refractivity contribution in [3.8, 4) is 5.75 Å². The standard InChI is InChI=1S/C21H20BrN3O3/c1-28-16-6-7-18-17(10-16)13(12-24-18)8-9-23-19-11-20(26)25(21(19)27)15-4-2-14(22)3-5-15/h2-7,10,12,19,23-24H,8-9,11H2,1H3. The van der Waals surface area contributed by atoms with Gasteiger partial charge >= 0.3 is 0 Å². The summed E-state index contributed by atoms with van der Waals surface area (Å²) in [7, 11) is 1.65. The number of hydrogen-bond donors (Lipinski definition) is 2. The van der Waals surface area contributed by atoms with E-state index in [-0.39, 0.29) is 18.2 Å². The van der Waals surface area contributed by atoms with E-state index < -0.39 is 6.04 Å². The lowest BCUT2D eigenvalue weighted by molar-refractivity contribution is -0.121. The van der Waals surface area contributed by atoms with Crippen molar-refractivity contribution in [1.82, 2.24) is 10.3 Å². The molecule has 1 aromatic heterocycles. The van der Waals surface area contributed by atoms with Crippen LogP contribution in [0.4, 0.5) is 5.69 Å². The first-order chi connectivity index (χ1) is 13.6. The van der Waals surface area contributed by atoms with Crippen molar-refractivity contribution < 1.29 is 14.3 Å². The number of anilines is 1. The average Bonchev–Trinajstić information content (AvgIpc) is 3.23. The van der Waals surface area contributed by atoms with Crippen LogP contribution in [0.5, 0.6) is 5.75 Å². The second kappa shape index (κ2) is 7.77. The Labute approximate surface area is 171 Å². The minimum absolute atomic E-state index is 0.177. The fraction of sp³-hybridized carbons (Fsp3) is 0.238. The first kappa shape index (κ1) is 18.7. The van der Waals surface area contributed by atoms with Gasteiger partial charge in [0.25, 0.3) is 5.91 Å². The molecule has 2 amide bonds. The Morgan fingerprint density at radius 1 is 1.21 bits per heavy atom. The number of fused-ring (bicyclic) bond motifs is 1. The zero-order valence-corrected chi connectivity index (χ0v) is 17.0. The Bertz CT molecular complexity index is 1030. The number of methoxy groups -OCH3 is 1. The molecule has 3 aromatic rings. The highest BCUT2D eigenvalue weighted by molar-refractivity contribution is 9.10. The molecular formula is C21H20BrN3O3. The predicted octanol–water partition coefficient (Wildman–Crippen LogP) is 3.40. The van der Waals surface area contributed by atoms with Crippen molar-refractivity contribution in [1.29, 1.82) is 0 Å². The van der Waals surface area contributed by atoms with Gasteiger partial charge in [0.05, 0.1) is 25.3 Å². The van der Waals surface area contributed by atoms with Gasteiger partial charge in [0.15, 0.2) is 0 Å². The third-order valence-electron chi connectivity index (χ3n) is 4.99. The van der Waals surface area contributed by atoms with Gasteiger partial charge in [-0.1, -0.05) is 15.9 Å². The van der Waals surface area contributed by atoms with Crippen LogP contribution in [0.3, 0.4) is 0 Å². The summed E-state index contributed by atoms with van der Waals surface area (Å²) in [5.74, 6) is 0.428. The fourth-order valence-corrected chi connectivity index (χ4v) is 3.79. The number of ether oxygens (including phenoxy) is 1. The van der Waals surface area contributed by atoms with Crippen molar-refractivity contribution in [3.05, 3.63) is 58.7 Å². The average molecular weight is 442 g/mol. The van der Waals surface area contributed by atoms with Gasteiger partial charge in [0, 0.05) is 28.1 Å². The molecule has 1 fully saturated rings. The van der Waals surface area contributed by atoms with E-state index in [2.05, 4.69) is 26.2 Å². The van der Waals surface area contributed by atoms with Gasteiger partial charge in [-0.25, -0.2) is 4.90 Å². The molecule has 2 N–H and O–H groups in total. The van der Waals surface area contributed by atoms with E-state index in [4.69, 9.17) is 4.74 Å². The van der Waals surface area contributed by atoms with Crippen LogP contribution in [-0.2, 0) is 16.0 Å². The Morgan fingerprint density at radius 2 is 2.00 bits per heavy atom. The molecule has 7 heteroatoms. The molecule has 0 bridgehead atoms. The predicted molar refractivity (Wildman–Crippen MR) is 112 cm³/mol. The Balaban J connectivity index is 1.41. The number of nitrogens with one attached hydrogen (secondary N) is 2. The number of carbonyl (C=O) groups excluding carboxylic acids is 2. The molecular weight excluding hydrogens is 422 g/mol. The lowest BCUT2D eigenvalue weighted by Crippen LogP contribution is -2.39. The molecule has 1 atom stereocenters. The molecule has 1 aliphatic heterocycles. The van der Waals surface area contributed by atoms with E-state index in [9.17, 15) is 9.59 Å². The van der Waals surface area contributed by atoms with E-state index >= 15 is 0 Å². The van der Waals surface area contributed by atoms with Gasteiger partial charge in [-0.05, 0) is 54.4 Å². The molecule has 1 aliphatic rings. The molecule has 0 radical (unpaired) electrons. The van der Waals surface area contributed by atoms with Crippen LogP contribution in [0.1, 0.15) is 12.0 Å². The van der Waals surface area contributed by atoms with Gasteiger partial charge in [0.1, 0.15) is 5.75 Å². The van der Waals surface area contributed by atoms with Gasteiger partial charge < -0.3 is 15.0 Å². The maximum absolute atomic E-state index is 12.7. The van der Waals surface area contributed by atoms with E-state index in [0.29, 0.717) is 12.2 Å². The number of aromatic nitrogens is 1. The van der Waals surface area contributed by atoms with Crippen LogP contribution in [0, 0.1) is 0 Å². The van der Waals surface area contributed by atoms with Crippen molar-refractivity contribution in [3.63, 3.8) is 0 Å². The number of halogens is 1. The number of nitrogens with zero attached hydrogens (tertiary/aromatic N) is 1. The number of imide groups is 1.